The van der Waals surface area contributed by atoms with Crippen LogP contribution in [0.25, 0.3) is 0 Å². The van der Waals surface area contributed by atoms with Gasteiger partial charge in [-0.1, -0.05) is 13.8 Å². The molecule has 4 unspecified atom stereocenters. The lowest BCUT2D eigenvalue weighted by Gasteiger charge is -2.29. The van der Waals surface area contributed by atoms with Crippen molar-refractivity contribution in [2.45, 2.75) is 83.0 Å². The van der Waals surface area contributed by atoms with Crippen LogP contribution < -0.4 is 33.6 Å². The minimum Gasteiger partial charge on any atom is -0.480 e. The molecule has 1 aliphatic rings. The number of carbonyl (C=O) groups excluding carboxylic acids is 4. The number of nitrogens with one attached hydrogen (secondary N) is 2. The highest BCUT2D eigenvalue weighted by Gasteiger charge is 2.38. The van der Waals surface area contributed by atoms with Crippen LogP contribution in [0.4, 0.5) is 0 Å². The molecule has 0 aromatic rings. The Bertz CT molecular complexity index is 829. The molecular formula is C22H40N8O6. The second-order valence-corrected chi connectivity index (χ2v) is 9.34. The number of rotatable bonds is 15. The summed E-state index contributed by atoms with van der Waals surface area (Å²) in [6.07, 6.45) is 1.51. The van der Waals surface area contributed by atoms with Crippen LogP contribution in [-0.4, -0.2) is 82.8 Å². The van der Waals surface area contributed by atoms with Gasteiger partial charge in [-0.05, 0) is 44.4 Å². The molecule has 4 atom stereocenters. The highest BCUT2D eigenvalue weighted by molar-refractivity contribution is 5.94. The summed E-state index contributed by atoms with van der Waals surface area (Å²) in [5.41, 5.74) is 21.7. The number of hydrogen-bond acceptors (Lipinski definition) is 7. The summed E-state index contributed by atoms with van der Waals surface area (Å²) in [5, 5.41) is 14.6. The van der Waals surface area contributed by atoms with Crippen molar-refractivity contribution >= 4 is 35.6 Å². The molecule has 0 aliphatic carbocycles. The lowest BCUT2D eigenvalue weighted by atomic mass is 10.0. The molecule has 14 heteroatoms. The van der Waals surface area contributed by atoms with Crippen LogP contribution in [0, 0.1) is 5.92 Å². The van der Waals surface area contributed by atoms with Crippen LogP contribution in [0.3, 0.4) is 0 Å². The van der Waals surface area contributed by atoms with E-state index in [1.807, 2.05) is 13.8 Å². The van der Waals surface area contributed by atoms with E-state index in [9.17, 15) is 29.1 Å². The molecule has 0 aromatic heterocycles. The van der Waals surface area contributed by atoms with Gasteiger partial charge in [0.25, 0.3) is 0 Å². The van der Waals surface area contributed by atoms with Crippen molar-refractivity contribution in [2.24, 2.45) is 33.8 Å². The average Bonchev–Trinajstić information content (AvgIpc) is 3.28. The van der Waals surface area contributed by atoms with E-state index in [1.54, 1.807) is 0 Å². The number of primary amides is 1. The fourth-order valence-electron chi connectivity index (χ4n) is 3.94. The van der Waals surface area contributed by atoms with Crippen LogP contribution in [-0.2, 0) is 24.0 Å². The number of likely N-dealkylation sites (tertiary alicyclic amines) is 1. The Morgan fingerprint density at radius 2 is 1.67 bits per heavy atom. The van der Waals surface area contributed by atoms with E-state index in [2.05, 4.69) is 15.6 Å². The minimum atomic E-state index is -1.18. The largest absolute Gasteiger partial charge is 0.480 e. The maximum atomic E-state index is 13.1. The first-order valence-electron chi connectivity index (χ1n) is 12.1. The highest BCUT2D eigenvalue weighted by Crippen LogP contribution is 2.20. The number of aliphatic imine (C=N–C) groups is 1. The van der Waals surface area contributed by atoms with Gasteiger partial charge < -0.3 is 43.6 Å². The summed E-state index contributed by atoms with van der Waals surface area (Å²) in [6.45, 7) is 4.24. The van der Waals surface area contributed by atoms with Crippen molar-refractivity contribution in [3.8, 4) is 0 Å². The topological polar surface area (TPSA) is 249 Å². The standard InChI is InChI=1S/C22H40N8O6/c1-12(2)11-15(29-18(32)13(23)5-3-9-27-22(25)26)19(33)28-14(7-8-17(24)31)20(34)30-10-4-6-16(30)21(35)36/h12-16H,3-11,23H2,1-2H3,(H2,24,31)(H,28,33)(H,29,32)(H,35,36)(H4,25,26,27). The Kier molecular flexibility index (Phi) is 12.6. The summed E-state index contributed by atoms with van der Waals surface area (Å²) in [6, 6.07) is -4.09. The highest BCUT2D eigenvalue weighted by atomic mass is 16.4. The number of aliphatic carboxylic acids is 1. The molecule has 1 aliphatic heterocycles. The summed E-state index contributed by atoms with van der Waals surface area (Å²) in [4.78, 5) is 66.8. The molecule has 1 fully saturated rings. The number of nitrogens with two attached hydrogens (primary N) is 4. The van der Waals surface area contributed by atoms with E-state index >= 15 is 0 Å². The summed E-state index contributed by atoms with van der Waals surface area (Å²) in [5.74, 6) is -3.67. The average molecular weight is 513 g/mol. The maximum absolute atomic E-state index is 13.1. The fraction of sp³-hybridized carbons (Fsp3) is 0.727. The first-order chi connectivity index (χ1) is 16.8. The predicted molar refractivity (Wildman–Crippen MR) is 132 cm³/mol. The Morgan fingerprint density at radius 3 is 2.22 bits per heavy atom. The zero-order valence-electron chi connectivity index (χ0n) is 20.9. The van der Waals surface area contributed by atoms with E-state index in [-0.39, 0.29) is 44.1 Å². The first kappa shape index (κ1) is 30.6. The van der Waals surface area contributed by atoms with Crippen LogP contribution in [0.2, 0.25) is 0 Å². The van der Waals surface area contributed by atoms with Gasteiger partial charge in [0.05, 0.1) is 6.04 Å². The SMILES string of the molecule is CC(C)CC(NC(=O)C(N)CCCN=C(N)N)C(=O)NC(CCC(N)=O)C(=O)N1CCCC1C(=O)O. The Balaban J connectivity index is 2.94. The third-order valence-electron chi connectivity index (χ3n) is 5.76. The molecule has 1 rings (SSSR count). The van der Waals surface area contributed by atoms with Crippen molar-refractivity contribution in [1.82, 2.24) is 15.5 Å². The van der Waals surface area contributed by atoms with Gasteiger partial charge in [0, 0.05) is 19.5 Å². The third kappa shape index (κ3) is 10.5. The monoisotopic (exact) mass is 512 g/mol. The second kappa shape index (κ2) is 14.9. The zero-order valence-corrected chi connectivity index (χ0v) is 20.9. The second-order valence-electron chi connectivity index (χ2n) is 9.34. The summed E-state index contributed by atoms with van der Waals surface area (Å²) >= 11 is 0. The van der Waals surface area contributed by atoms with Gasteiger partial charge in [-0.25, -0.2) is 4.79 Å². The number of carboxylic acid groups (broad SMARTS) is 1. The van der Waals surface area contributed by atoms with Crippen LogP contribution in [0.5, 0.6) is 0 Å². The molecule has 4 amide bonds. The minimum absolute atomic E-state index is 0.00823. The van der Waals surface area contributed by atoms with Crippen LogP contribution in [0.1, 0.15) is 58.8 Å². The van der Waals surface area contributed by atoms with Gasteiger partial charge in [0.2, 0.25) is 23.6 Å². The number of carboxylic acids is 1. The molecule has 0 aromatic carbocycles. The number of carbonyl (C=O) groups is 5. The molecular weight excluding hydrogens is 472 g/mol. The number of guanidine groups is 1. The number of hydrogen-bond donors (Lipinski definition) is 7. The molecule has 0 saturated carbocycles. The predicted octanol–water partition coefficient (Wildman–Crippen LogP) is -2.28. The van der Waals surface area contributed by atoms with Gasteiger partial charge in [-0.3, -0.25) is 24.2 Å². The van der Waals surface area contributed by atoms with Gasteiger partial charge in [-0.15, -0.1) is 0 Å². The number of nitrogens with zero attached hydrogens (tertiary/aromatic N) is 2. The van der Waals surface area contributed by atoms with E-state index in [1.165, 1.54) is 4.90 Å². The van der Waals surface area contributed by atoms with Crippen molar-refractivity contribution in [3.05, 3.63) is 0 Å². The van der Waals surface area contributed by atoms with Crippen molar-refractivity contribution in [3.63, 3.8) is 0 Å². The molecule has 0 radical (unpaired) electrons. The van der Waals surface area contributed by atoms with Crippen LogP contribution >= 0.6 is 0 Å². The lowest BCUT2D eigenvalue weighted by Crippen LogP contribution is -2.57. The normalized spacial score (nSPS) is 17.7. The Labute approximate surface area is 210 Å². The van der Waals surface area contributed by atoms with E-state index in [0.717, 1.165) is 0 Å². The van der Waals surface area contributed by atoms with Gasteiger partial charge in [0.1, 0.15) is 18.1 Å². The van der Waals surface area contributed by atoms with Crippen LogP contribution in [0.15, 0.2) is 4.99 Å². The van der Waals surface area contributed by atoms with Crippen molar-refractivity contribution < 1.29 is 29.1 Å². The van der Waals surface area contributed by atoms with Gasteiger partial charge in [0.15, 0.2) is 5.96 Å². The molecule has 0 spiro atoms. The van der Waals surface area contributed by atoms with E-state index in [4.69, 9.17) is 22.9 Å². The Morgan fingerprint density at radius 1 is 1.03 bits per heavy atom. The van der Waals surface area contributed by atoms with E-state index in [0.29, 0.717) is 25.8 Å². The van der Waals surface area contributed by atoms with E-state index < -0.39 is 53.8 Å². The molecule has 1 heterocycles. The van der Waals surface area contributed by atoms with Crippen molar-refractivity contribution in [2.75, 3.05) is 13.1 Å². The molecule has 36 heavy (non-hydrogen) atoms. The van der Waals surface area contributed by atoms with Gasteiger partial charge in [-0.2, -0.15) is 0 Å². The molecule has 0 bridgehead atoms. The van der Waals surface area contributed by atoms with Gasteiger partial charge >= 0.3 is 5.97 Å². The fourth-order valence-corrected chi connectivity index (χ4v) is 3.94. The Hall–Kier alpha value is -3.42. The molecule has 11 N–H and O–H groups in total. The zero-order chi connectivity index (χ0) is 27.4. The van der Waals surface area contributed by atoms with Crippen molar-refractivity contribution in [1.29, 1.82) is 0 Å². The summed E-state index contributed by atoms with van der Waals surface area (Å²) < 4.78 is 0. The maximum Gasteiger partial charge on any atom is 0.326 e. The smallest absolute Gasteiger partial charge is 0.326 e. The molecule has 204 valence electrons. The first-order valence-corrected chi connectivity index (χ1v) is 12.1. The molecule has 14 nitrogen and oxygen atoms in total. The molecule has 1 saturated heterocycles. The number of amides is 4. The quantitative estimate of drug-likeness (QED) is 0.0708. The third-order valence-corrected chi connectivity index (χ3v) is 5.76. The summed E-state index contributed by atoms with van der Waals surface area (Å²) in [7, 11) is 0. The lowest BCUT2D eigenvalue weighted by molar-refractivity contribution is -0.149.